The third-order valence-electron chi connectivity index (χ3n) is 4.60. The molecule has 1 amide bonds. The summed E-state index contributed by atoms with van der Waals surface area (Å²) in [7, 11) is 0. The van der Waals surface area contributed by atoms with Crippen LogP contribution in [0.1, 0.15) is 50.7 Å². The Hall–Kier alpha value is -3.08. The molecule has 0 aliphatic heterocycles. The number of anilines is 1. The lowest BCUT2D eigenvalue weighted by atomic mass is 10.00. The van der Waals surface area contributed by atoms with Gasteiger partial charge in [-0.3, -0.25) is 4.79 Å². The van der Waals surface area contributed by atoms with Gasteiger partial charge in [0.25, 0.3) is 5.91 Å². The number of hydrogen-bond acceptors (Lipinski definition) is 4. The van der Waals surface area contributed by atoms with Crippen molar-refractivity contribution in [1.29, 1.82) is 0 Å². The predicted octanol–water partition coefficient (Wildman–Crippen LogP) is 5.06. The van der Waals surface area contributed by atoms with Crippen LogP contribution < -0.4 is 15.7 Å². The molecule has 28 heavy (non-hydrogen) atoms. The summed E-state index contributed by atoms with van der Waals surface area (Å²) in [4.78, 5) is 24.1. The van der Waals surface area contributed by atoms with E-state index in [1.54, 1.807) is 12.1 Å². The minimum atomic E-state index is -0.392. The van der Waals surface area contributed by atoms with Gasteiger partial charge in [-0.2, -0.15) is 0 Å². The Bertz CT molecular complexity index is 1050. The van der Waals surface area contributed by atoms with Gasteiger partial charge in [0.05, 0.1) is 0 Å². The van der Waals surface area contributed by atoms with Crippen LogP contribution >= 0.6 is 0 Å². The molecular formula is C23H25NO4. The molecule has 5 heteroatoms. The molecule has 0 aliphatic carbocycles. The second-order valence-corrected chi connectivity index (χ2v) is 7.41. The molecule has 0 radical (unpaired) electrons. The van der Waals surface area contributed by atoms with Crippen molar-refractivity contribution in [2.45, 2.75) is 39.5 Å². The number of carbonyl (C=O) groups is 1. The summed E-state index contributed by atoms with van der Waals surface area (Å²) in [6.07, 6.45) is 0. The Labute approximate surface area is 164 Å². The first kappa shape index (κ1) is 19.7. The van der Waals surface area contributed by atoms with E-state index >= 15 is 0 Å². The molecule has 1 N–H and O–H groups in total. The second-order valence-electron chi connectivity index (χ2n) is 7.41. The molecule has 3 aromatic rings. The molecule has 0 fully saturated rings. The number of para-hydroxylation sites is 1. The summed E-state index contributed by atoms with van der Waals surface area (Å²) in [6, 6.07) is 14.5. The van der Waals surface area contributed by atoms with Gasteiger partial charge in [-0.25, -0.2) is 4.79 Å². The molecule has 0 bridgehead atoms. The molecule has 146 valence electrons. The maximum absolute atomic E-state index is 12.3. The summed E-state index contributed by atoms with van der Waals surface area (Å²) in [5, 5.41) is 3.77. The molecule has 1 heterocycles. The van der Waals surface area contributed by atoms with E-state index in [-0.39, 0.29) is 18.4 Å². The number of ether oxygens (including phenoxy) is 1. The highest BCUT2D eigenvalue weighted by atomic mass is 16.5. The fraction of sp³-hybridized carbons (Fsp3) is 0.304. The first-order valence-electron chi connectivity index (χ1n) is 9.44. The zero-order valence-electron chi connectivity index (χ0n) is 16.6. The van der Waals surface area contributed by atoms with E-state index < -0.39 is 5.63 Å². The topological polar surface area (TPSA) is 68.5 Å². The van der Waals surface area contributed by atoms with Gasteiger partial charge in [0, 0.05) is 23.2 Å². The van der Waals surface area contributed by atoms with Crippen molar-refractivity contribution < 1.29 is 13.9 Å². The molecule has 1 aromatic heterocycles. The van der Waals surface area contributed by atoms with Crippen LogP contribution in [0.5, 0.6) is 5.75 Å². The molecule has 5 nitrogen and oxygen atoms in total. The number of benzene rings is 2. The van der Waals surface area contributed by atoms with Crippen molar-refractivity contribution >= 4 is 22.6 Å². The third-order valence-corrected chi connectivity index (χ3v) is 4.60. The fourth-order valence-corrected chi connectivity index (χ4v) is 3.19. The molecule has 0 spiro atoms. The van der Waals surface area contributed by atoms with Gasteiger partial charge in [0.15, 0.2) is 6.61 Å². The molecule has 0 unspecified atom stereocenters. The van der Waals surface area contributed by atoms with E-state index in [4.69, 9.17) is 9.15 Å². The zero-order valence-corrected chi connectivity index (χ0v) is 16.6. The van der Waals surface area contributed by atoms with Gasteiger partial charge in [0.1, 0.15) is 11.3 Å². The van der Waals surface area contributed by atoms with E-state index in [9.17, 15) is 9.59 Å². The summed E-state index contributed by atoms with van der Waals surface area (Å²) in [5.74, 6) is 0.732. The van der Waals surface area contributed by atoms with Gasteiger partial charge in [0.2, 0.25) is 0 Å². The van der Waals surface area contributed by atoms with Crippen molar-refractivity contribution in [1.82, 2.24) is 0 Å². The van der Waals surface area contributed by atoms with Crippen LogP contribution in [0.2, 0.25) is 0 Å². The quantitative estimate of drug-likeness (QED) is 0.608. The van der Waals surface area contributed by atoms with E-state index in [0.29, 0.717) is 17.3 Å². The van der Waals surface area contributed by atoms with Gasteiger partial charge < -0.3 is 14.5 Å². The molecule has 0 aliphatic rings. The minimum absolute atomic E-state index is 0.133. The molecule has 0 saturated carbocycles. The van der Waals surface area contributed by atoms with Gasteiger partial charge in [-0.05, 0) is 41.2 Å². The lowest BCUT2D eigenvalue weighted by Gasteiger charge is -2.14. The van der Waals surface area contributed by atoms with E-state index in [0.717, 1.165) is 22.2 Å². The number of nitrogens with one attached hydrogen (secondary N) is 1. The van der Waals surface area contributed by atoms with Crippen LogP contribution in [0.15, 0.2) is 57.7 Å². The number of fused-ring (bicyclic) bond motifs is 1. The van der Waals surface area contributed by atoms with Crippen LogP contribution in [0.3, 0.4) is 0 Å². The summed E-state index contributed by atoms with van der Waals surface area (Å²) in [5.41, 5.74) is 2.86. The molecule has 0 saturated heterocycles. The average molecular weight is 379 g/mol. The Morgan fingerprint density at radius 2 is 1.71 bits per heavy atom. The Morgan fingerprint density at radius 1 is 1.00 bits per heavy atom. The van der Waals surface area contributed by atoms with Crippen molar-refractivity contribution in [3.05, 3.63) is 70.1 Å². The van der Waals surface area contributed by atoms with Crippen LogP contribution in [0, 0.1) is 0 Å². The fourth-order valence-electron chi connectivity index (χ4n) is 3.19. The van der Waals surface area contributed by atoms with Crippen molar-refractivity contribution in [2.75, 3.05) is 11.9 Å². The highest BCUT2D eigenvalue weighted by Crippen LogP contribution is 2.27. The summed E-state index contributed by atoms with van der Waals surface area (Å²) in [6.45, 7) is 8.08. The summed E-state index contributed by atoms with van der Waals surface area (Å²) >= 11 is 0. The first-order valence-corrected chi connectivity index (χ1v) is 9.44. The lowest BCUT2D eigenvalue weighted by molar-refractivity contribution is -0.118. The second kappa shape index (κ2) is 8.30. The molecular weight excluding hydrogens is 354 g/mol. The number of amides is 1. The van der Waals surface area contributed by atoms with E-state index in [2.05, 4.69) is 19.2 Å². The standard InChI is InChI=1S/C23H25NO4/c1-14(2)17-7-5-6-8-20(17)24-22(25)13-27-16-9-10-18-19(15(3)4)12-23(26)28-21(18)11-16/h5-12,14-15H,13H2,1-4H3,(H,24,25). The van der Waals surface area contributed by atoms with Crippen molar-refractivity contribution in [3.8, 4) is 5.75 Å². The van der Waals surface area contributed by atoms with Crippen LogP contribution in [-0.2, 0) is 4.79 Å². The van der Waals surface area contributed by atoms with Gasteiger partial charge >= 0.3 is 5.63 Å². The first-order chi connectivity index (χ1) is 13.3. The molecule has 0 atom stereocenters. The van der Waals surface area contributed by atoms with Crippen LogP contribution in [0.4, 0.5) is 5.69 Å². The summed E-state index contributed by atoms with van der Waals surface area (Å²) < 4.78 is 10.9. The Balaban J connectivity index is 1.73. The number of carbonyl (C=O) groups excluding carboxylic acids is 1. The van der Waals surface area contributed by atoms with Gasteiger partial charge in [-0.15, -0.1) is 0 Å². The van der Waals surface area contributed by atoms with Crippen molar-refractivity contribution in [2.24, 2.45) is 0 Å². The molecule has 2 aromatic carbocycles. The maximum Gasteiger partial charge on any atom is 0.336 e. The zero-order chi connectivity index (χ0) is 20.3. The van der Waals surface area contributed by atoms with Gasteiger partial charge in [-0.1, -0.05) is 45.9 Å². The molecule has 3 rings (SSSR count). The smallest absolute Gasteiger partial charge is 0.336 e. The monoisotopic (exact) mass is 379 g/mol. The SMILES string of the molecule is CC(C)c1ccccc1NC(=O)COc1ccc2c(C(C)C)cc(=O)oc2c1. The highest BCUT2D eigenvalue weighted by Gasteiger charge is 2.12. The van der Waals surface area contributed by atoms with Crippen LogP contribution in [-0.4, -0.2) is 12.5 Å². The third kappa shape index (κ3) is 4.42. The van der Waals surface area contributed by atoms with Crippen molar-refractivity contribution in [3.63, 3.8) is 0 Å². The Morgan fingerprint density at radius 3 is 2.43 bits per heavy atom. The number of rotatable bonds is 6. The maximum atomic E-state index is 12.3. The minimum Gasteiger partial charge on any atom is -0.484 e. The average Bonchev–Trinajstić information content (AvgIpc) is 2.65. The largest absolute Gasteiger partial charge is 0.484 e. The predicted molar refractivity (Wildman–Crippen MR) is 111 cm³/mol. The number of hydrogen-bond donors (Lipinski definition) is 1. The normalized spacial score (nSPS) is 11.2. The Kier molecular flexibility index (Phi) is 5.83. The highest BCUT2D eigenvalue weighted by molar-refractivity contribution is 5.92. The van der Waals surface area contributed by atoms with E-state index in [1.165, 1.54) is 6.07 Å². The van der Waals surface area contributed by atoms with E-state index in [1.807, 2.05) is 44.2 Å². The lowest BCUT2D eigenvalue weighted by Crippen LogP contribution is -2.21. The van der Waals surface area contributed by atoms with Crippen LogP contribution in [0.25, 0.3) is 11.0 Å².